The summed E-state index contributed by atoms with van der Waals surface area (Å²) in [6.45, 7) is 0. The lowest BCUT2D eigenvalue weighted by Gasteiger charge is -2.11. The molecule has 0 spiro atoms. The predicted molar refractivity (Wildman–Crippen MR) is 81.8 cm³/mol. The molecule has 0 aliphatic carbocycles. The topological polar surface area (TPSA) is 70.5 Å². The molecule has 6 heteroatoms. The van der Waals surface area contributed by atoms with Gasteiger partial charge in [0.15, 0.2) is 0 Å². The summed E-state index contributed by atoms with van der Waals surface area (Å²) in [7, 11) is 4.27. The molecule has 2 aromatic rings. The lowest BCUT2D eigenvalue weighted by molar-refractivity contribution is 0.0596. The minimum atomic E-state index is -0.530. The van der Waals surface area contributed by atoms with E-state index in [-0.39, 0.29) is 5.56 Å². The SMILES string of the molecule is COC(=O)c1c(OC)cc(OC)nc1/C=C\c1cccnc1. The standard InChI is InChI=1S/C16H16N2O4/c1-20-13-9-14(21-2)18-12(15(13)16(19)22-3)7-6-11-5-4-8-17-10-11/h4-10H,1-3H3/b7-6-. The van der Waals surface area contributed by atoms with Crippen LogP contribution in [-0.2, 0) is 4.74 Å². The minimum Gasteiger partial charge on any atom is -0.496 e. The Morgan fingerprint density at radius 3 is 2.59 bits per heavy atom. The van der Waals surface area contributed by atoms with Crippen LogP contribution < -0.4 is 9.47 Å². The number of carbonyl (C=O) groups excluding carboxylic acids is 1. The van der Waals surface area contributed by atoms with E-state index in [0.29, 0.717) is 17.3 Å². The molecule has 0 radical (unpaired) electrons. The summed E-state index contributed by atoms with van der Waals surface area (Å²) in [4.78, 5) is 20.3. The van der Waals surface area contributed by atoms with Gasteiger partial charge in [0.2, 0.25) is 5.88 Å². The maximum absolute atomic E-state index is 12.0. The van der Waals surface area contributed by atoms with Crippen molar-refractivity contribution in [2.45, 2.75) is 0 Å². The fourth-order valence-corrected chi connectivity index (χ4v) is 1.86. The lowest BCUT2D eigenvalue weighted by atomic mass is 10.1. The molecule has 0 aromatic carbocycles. The average Bonchev–Trinajstić information content (AvgIpc) is 2.59. The number of esters is 1. The molecule has 0 saturated heterocycles. The summed E-state index contributed by atoms with van der Waals surface area (Å²) >= 11 is 0. The van der Waals surface area contributed by atoms with Gasteiger partial charge in [0, 0.05) is 18.5 Å². The molecule has 0 unspecified atom stereocenters. The Hall–Kier alpha value is -2.89. The van der Waals surface area contributed by atoms with Crippen LogP contribution in [0.25, 0.3) is 12.2 Å². The van der Waals surface area contributed by atoms with Gasteiger partial charge in [0.05, 0.1) is 27.0 Å². The van der Waals surface area contributed by atoms with Gasteiger partial charge in [-0.2, -0.15) is 0 Å². The van der Waals surface area contributed by atoms with Crippen LogP contribution in [0.15, 0.2) is 30.6 Å². The van der Waals surface area contributed by atoms with Crippen molar-refractivity contribution < 1.29 is 19.0 Å². The Morgan fingerprint density at radius 1 is 1.18 bits per heavy atom. The number of nitrogens with zero attached hydrogens (tertiary/aromatic N) is 2. The zero-order chi connectivity index (χ0) is 15.9. The molecule has 0 amide bonds. The van der Waals surface area contributed by atoms with Crippen molar-refractivity contribution in [1.29, 1.82) is 0 Å². The van der Waals surface area contributed by atoms with Crippen molar-refractivity contribution in [3.63, 3.8) is 0 Å². The smallest absolute Gasteiger partial charge is 0.343 e. The summed E-state index contributed by atoms with van der Waals surface area (Å²) in [5.41, 5.74) is 1.51. The molecule has 0 atom stereocenters. The van der Waals surface area contributed by atoms with Gasteiger partial charge < -0.3 is 14.2 Å². The van der Waals surface area contributed by atoms with Gasteiger partial charge in [0.25, 0.3) is 0 Å². The first kappa shape index (κ1) is 15.5. The predicted octanol–water partition coefficient (Wildman–Crippen LogP) is 2.45. The van der Waals surface area contributed by atoms with E-state index < -0.39 is 5.97 Å². The van der Waals surface area contributed by atoms with Crippen LogP contribution in [-0.4, -0.2) is 37.3 Å². The third kappa shape index (κ3) is 3.41. The van der Waals surface area contributed by atoms with E-state index in [9.17, 15) is 4.79 Å². The van der Waals surface area contributed by atoms with Crippen molar-refractivity contribution in [1.82, 2.24) is 9.97 Å². The number of hydrogen-bond donors (Lipinski definition) is 0. The summed E-state index contributed by atoms with van der Waals surface area (Å²) in [6.07, 6.45) is 6.87. The van der Waals surface area contributed by atoms with E-state index in [1.165, 1.54) is 27.4 Å². The largest absolute Gasteiger partial charge is 0.496 e. The quantitative estimate of drug-likeness (QED) is 0.790. The van der Waals surface area contributed by atoms with Crippen LogP contribution in [0.5, 0.6) is 11.6 Å². The molecular weight excluding hydrogens is 284 g/mol. The third-order valence-electron chi connectivity index (χ3n) is 2.92. The van der Waals surface area contributed by atoms with Gasteiger partial charge in [-0.3, -0.25) is 4.98 Å². The van der Waals surface area contributed by atoms with Gasteiger partial charge in [0.1, 0.15) is 11.3 Å². The Labute approximate surface area is 128 Å². The number of rotatable bonds is 5. The first-order valence-corrected chi connectivity index (χ1v) is 6.49. The lowest BCUT2D eigenvalue weighted by Crippen LogP contribution is -2.09. The van der Waals surface area contributed by atoms with Crippen LogP contribution in [0.1, 0.15) is 21.6 Å². The van der Waals surface area contributed by atoms with Gasteiger partial charge in [-0.05, 0) is 17.7 Å². The number of hydrogen-bond acceptors (Lipinski definition) is 6. The minimum absolute atomic E-state index is 0.242. The van der Waals surface area contributed by atoms with Crippen molar-refractivity contribution in [3.8, 4) is 11.6 Å². The number of carbonyl (C=O) groups is 1. The molecule has 0 saturated carbocycles. The van der Waals surface area contributed by atoms with E-state index in [2.05, 4.69) is 9.97 Å². The maximum Gasteiger partial charge on any atom is 0.343 e. The van der Waals surface area contributed by atoms with Gasteiger partial charge in [-0.25, -0.2) is 9.78 Å². The van der Waals surface area contributed by atoms with Crippen LogP contribution in [0.4, 0.5) is 0 Å². The zero-order valence-corrected chi connectivity index (χ0v) is 12.6. The molecule has 0 aliphatic rings. The molecule has 2 rings (SSSR count). The fraction of sp³-hybridized carbons (Fsp3) is 0.188. The molecule has 2 heterocycles. The van der Waals surface area contributed by atoms with E-state index >= 15 is 0 Å². The number of methoxy groups -OCH3 is 3. The van der Waals surface area contributed by atoms with Gasteiger partial charge in [-0.1, -0.05) is 12.1 Å². The highest BCUT2D eigenvalue weighted by Gasteiger charge is 2.20. The molecule has 2 aromatic heterocycles. The number of ether oxygens (including phenoxy) is 3. The second kappa shape index (κ2) is 7.21. The first-order chi connectivity index (χ1) is 10.7. The third-order valence-corrected chi connectivity index (χ3v) is 2.92. The van der Waals surface area contributed by atoms with E-state index in [1.807, 2.05) is 12.1 Å². The Kier molecular flexibility index (Phi) is 5.08. The Bertz CT molecular complexity index is 684. The highest BCUT2D eigenvalue weighted by Crippen LogP contribution is 2.27. The van der Waals surface area contributed by atoms with Crippen molar-refractivity contribution in [2.75, 3.05) is 21.3 Å². The molecule has 0 fully saturated rings. The molecule has 0 aliphatic heterocycles. The molecule has 0 bridgehead atoms. The van der Waals surface area contributed by atoms with Crippen molar-refractivity contribution in [3.05, 3.63) is 47.4 Å². The molecular formula is C16H16N2O4. The average molecular weight is 300 g/mol. The van der Waals surface area contributed by atoms with Crippen LogP contribution in [0.3, 0.4) is 0 Å². The highest BCUT2D eigenvalue weighted by atomic mass is 16.5. The second-order valence-corrected chi connectivity index (χ2v) is 4.24. The zero-order valence-electron chi connectivity index (χ0n) is 12.6. The highest BCUT2D eigenvalue weighted by molar-refractivity contribution is 5.97. The van der Waals surface area contributed by atoms with E-state index in [0.717, 1.165) is 5.56 Å². The summed E-state index contributed by atoms with van der Waals surface area (Å²) in [5.74, 6) is 0.151. The Morgan fingerprint density at radius 2 is 2.00 bits per heavy atom. The molecule has 6 nitrogen and oxygen atoms in total. The Balaban J connectivity index is 2.52. The van der Waals surface area contributed by atoms with Crippen LogP contribution in [0.2, 0.25) is 0 Å². The van der Waals surface area contributed by atoms with E-state index in [4.69, 9.17) is 14.2 Å². The number of aromatic nitrogens is 2. The fourth-order valence-electron chi connectivity index (χ4n) is 1.86. The number of pyridine rings is 2. The summed E-state index contributed by atoms with van der Waals surface area (Å²) < 4.78 is 15.2. The maximum atomic E-state index is 12.0. The second-order valence-electron chi connectivity index (χ2n) is 4.24. The molecule has 0 N–H and O–H groups in total. The van der Waals surface area contributed by atoms with Crippen molar-refractivity contribution in [2.24, 2.45) is 0 Å². The summed E-state index contributed by atoms with van der Waals surface area (Å²) in [5, 5.41) is 0. The van der Waals surface area contributed by atoms with Crippen molar-refractivity contribution >= 4 is 18.1 Å². The van der Waals surface area contributed by atoms with Crippen LogP contribution >= 0.6 is 0 Å². The molecule has 22 heavy (non-hydrogen) atoms. The normalized spacial score (nSPS) is 10.5. The van der Waals surface area contributed by atoms with Gasteiger partial charge >= 0.3 is 5.97 Å². The van der Waals surface area contributed by atoms with Crippen LogP contribution in [0, 0.1) is 0 Å². The monoisotopic (exact) mass is 300 g/mol. The van der Waals surface area contributed by atoms with E-state index in [1.54, 1.807) is 24.5 Å². The van der Waals surface area contributed by atoms with Gasteiger partial charge in [-0.15, -0.1) is 0 Å². The summed E-state index contributed by atoms with van der Waals surface area (Å²) in [6, 6.07) is 5.24. The first-order valence-electron chi connectivity index (χ1n) is 6.49. The molecule has 114 valence electrons.